The van der Waals surface area contributed by atoms with Gasteiger partial charge >= 0.3 is 0 Å². The average molecular weight is 386 g/mol. The second-order valence-corrected chi connectivity index (χ2v) is 6.97. The van der Waals surface area contributed by atoms with Gasteiger partial charge in [0.2, 0.25) is 17.7 Å². The van der Waals surface area contributed by atoms with Crippen molar-refractivity contribution in [2.24, 2.45) is 5.92 Å². The Bertz CT molecular complexity index is 913. The Labute approximate surface area is 162 Å². The van der Waals surface area contributed by atoms with E-state index in [2.05, 4.69) is 10.6 Å². The van der Waals surface area contributed by atoms with Gasteiger partial charge in [0.05, 0.1) is 5.92 Å². The zero-order chi connectivity index (χ0) is 19.6. The molecule has 2 aromatic carbocycles. The van der Waals surface area contributed by atoms with Crippen LogP contribution in [0.1, 0.15) is 18.9 Å². The first-order chi connectivity index (χ1) is 12.8. The van der Waals surface area contributed by atoms with Gasteiger partial charge in [-0.1, -0.05) is 23.7 Å². The number of benzene rings is 2. The minimum Gasteiger partial charge on any atom is -0.326 e. The van der Waals surface area contributed by atoms with Gasteiger partial charge < -0.3 is 15.5 Å². The van der Waals surface area contributed by atoms with Gasteiger partial charge in [-0.05, 0) is 42.8 Å². The smallest absolute Gasteiger partial charge is 0.229 e. The molecule has 6 nitrogen and oxygen atoms in total. The van der Waals surface area contributed by atoms with Crippen molar-refractivity contribution in [3.05, 3.63) is 53.1 Å². The maximum atomic E-state index is 12.7. The SMILES string of the molecule is CC(=O)Nc1cccc(NC(=O)C2CC(=O)N(c3cccc(Cl)c3)C2)c1C. The molecule has 1 fully saturated rings. The lowest BCUT2D eigenvalue weighted by atomic mass is 10.1. The first-order valence-electron chi connectivity index (χ1n) is 8.59. The maximum Gasteiger partial charge on any atom is 0.229 e. The first-order valence-corrected chi connectivity index (χ1v) is 8.97. The highest BCUT2D eigenvalue weighted by Gasteiger charge is 2.35. The van der Waals surface area contributed by atoms with E-state index in [9.17, 15) is 14.4 Å². The van der Waals surface area contributed by atoms with E-state index < -0.39 is 5.92 Å². The Morgan fingerprint density at radius 2 is 1.78 bits per heavy atom. The molecule has 1 unspecified atom stereocenters. The van der Waals surface area contributed by atoms with Crippen LogP contribution in [0.3, 0.4) is 0 Å². The van der Waals surface area contributed by atoms with Gasteiger partial charge in [-0.25, -0.2) is 0 Å². The third-order valence-corrected chi connectivity index (χ3v) is 4.75. The fraction of sp³-hybridized carbons (Fsp3) is 0.250. The Morgan fingerprint density at radius 3 is 2.44 bits per heavy atom. The van der Waals surface area contributed by atoms with Crippen molar-refractivity contribution < 1.29 is 14.4 Å². The summed E-state index contributed by atoms with van der Waals surface area (Å²) in [4.78, 5) is 37.9. The van der Waals surface area contributed by atoms with Crippen LogP contribution in [0.4, 0.5) is 17.1 Å². The summed E-state index contributed by atoms with van der Waals surface area (Å²) in [5.74, 6) is -0.975. The van der Waals surface area contributed by atoms with Crippen molar-refractivity contribution >= 4 is 46.4 Å². The molecule has 2 aromatic rings. The predicted molar refractivity (Wildman–Crippen MR) is 106 cm³/mol. The Hall–Kier alpha value is -2.86. The lowest BCUT2D eigenvalue weighted by Gasteiger charge is -2.17. The topological polar surface area (TPSA) is 78.5 Å². The summed E-state index contributed by atoms with van der Waals surface area (Å²) in [6, 6.07) is 12.3. The number of nitrogens with zero attached hydrogens (tertiary/aromatic N) is 1. The molecule has 0 radical (unpaired) electrons. The summed E-state index contributed by atoms with van der Waals surface area (Å²) in [5.41, 5.74) is 2.70. The number of amides is 3. The van der Waals surface area contributed by atoms with E-state index in [-0.39, 0.29) is 24.1 Å². The summed E-state index contributed by atoms with van der Waals surface area (Å²) in [6.45, 7) is 3.55. The third-order valence-electron chi connectivity index (χ3n) is 4.52. The molecule has 1 aliphatic heterocycles. The summed E-state index contributed by atoms with van der Waals surface area (Å²) in [6.07, 6.45) is 0.142. The maximum absolute atomic E-state index is 12.7. The van der Waals surface area contributed by atoms with Crippen LogP contribution in [0.2, 0.25) is 5.02 Å². The molecule has 3 amide bonds. The van der Waals surface area contributed by atoms with E-state index in [0.29, 0.717) is 28.6 Å². The zero-order valence-corrected chi connectivity index (χ0v) is 15.8. The number of hydrogen-bond donors (Lipinski definition) is 2. The van der Waals surface area contributed by atoms with Gasteiger partial charge in [0.1, 0.15) is 0 Å². The molecule has 1 atom stereocenters. The van der Waals surface area contributed by atoms with Crippen molar-refractivity contribution in [1.29, 1.82) is 0 Å². The second kappa shape index (κ2) is 7.80. The van der Waals surface area contributed by atoms with Crippen LogP contribution in [0.5, 0.6) is 0 Å². The van der Waals surface area contributed by atoms with Gasteiger partial charge in [-0.2, -0.15) is 0 Å². The Morgan fingerprint density at radius 1 is 1.11 bits per heavy atom. The van der Waals surface area contributed by atoms with E-state index in [1.807, 2.05) is 6.92 Å². The van der Waals surface area contributed by atoms with E-state index in [4.69, 9.17) is 11.6 Å². The largest absolute Gasteiger partial charge is 0.326 e. The molecule has 0 aliphatic carbocycles. The van der Waals surface area contributed by atoms with Crippen molar-refractivity contribution in [2.75, 3.05) is 22.1 Å². The van der Waals surface area contributed by atoms with Gasteiger partial charge in [-0.15, -0.1) is 0 Å². The molecule has 0 aromatic heterocycles. The third kappa shape index (κ3) is 4.28. The van der Waals surface area contributed by atoms with Crippen molar-refractivity contribution in [2.45, 2.75) is 20.3 Å². The van der Waals surface area contributed by atoms with Crippen LogP contribution >= 0.6 is 11.6 Å². The molecule has 27 heavy (non-hydrogen) atoms. The second-order valence-electron chi connectivity index (χ2n) is 6.53. The number of carbonyl (C=O) groups is 3. The lowest BCUT2D eigenvalue weighted by Crippen LogP contribution is -2.28. The fourth-order valence-corrected chi connectivity index (χ4v) is 3.29. The van der Waals surface area contributed by atoms with E-state index >= 15 is 0 Å². The molecule has 0 bridgehead atoms. The Kier molecular flexibility index (Phi) is 5.46. The van der Waals surface area contributed by atoms with Crippen LogP contribution in [0, 0.1) is 12.8 Å². The Balaban J connectivity index is 1.72. The number of carbonyl (C=O) groups excluding carboxylic acids is 3. The van der Waals surface area contributed by atoms with Gasteiger partial charge in [0.15, 0.2) is 0 Å². The molecule has 1 heterocycles. The highest BCUT2D eigenvalue weighted by Crippen LogP contribution is 2.29. The molecular weight excluding hydrogens is 366 g/mol. The molecular formula is C20H20ClN3O3. The number of hydrogen-bond acceptors (Lipinski definition) is 3. The summed E-state index contributed by atoms with van der Waals surface area (Å²) < 4.78 is 0. The normalized spacial score (nSPS) is 16.3. The first kappa shape index (κ1) is 18.9. The van der Waals surface area contributed by atoms with Crippen LogP contribution in [0.15, 0.2) is 42.5 Å². The minimum absolute atomic E-state index is 0.110. The summed E-state index contributed by atoms with van der Waals surface area (Å²) >= 11 is 6.00. The number of rotatable bonds is 4. The van der Waals surface area contributed by atoms with Crippen molar-refractivity contribution in [1.82, 2.24) is 0 Å². The molecule has 1 saturated heterocycles. The standard InChI is InChI=1S/C20H20ClN3O3/c1-12-17(22-13(2)25)7-4-8-18(12)23-20(27)14-9-19(26)24(11-14)16-6-3-5-15(21)10-16/h3-8,10,14H,9,11H2,1-2H3,(H,22,25)(H,23,27). The van der Waals surface area contributed by atoms with E-state index in [1.165, 1.54) is 6.92 Å². The van der Waals surface area contributed by atoms with E-state index in [0.717, 1.165) is 5.56 Å². The number of anilines is 3. The summed E-state index contributed by atoms with van der Waals surface area (Å²) in [7, 11) is 0. The highest BCUT2D eigenvalue weighted by molar-refractivity contribution is 6.31. The van der Waals surface area contributed by atoms with Gasteiger partial charge in [-0.3, -0.25) is 14.4 Å². The van der Waals surface area contributed by atoms with Crippen LogP contribution in [-0.4, -0.2) is 24.3 Å². The molecule has 3 rings (SSSR count). The van der Waals surface area contributed by atoms with Crippen LogP contribution < -0.4 is 15.5 Å². The van der Waals surface area contributed by atoms with Crippen molar-refractivity contribution in [3.63, 3.8) is 0 Å². The lowest BCUT2D eigenvalue weighted by molar-refractivity contribution is -0.122. The molecule has 140 valence electrons. The zero-order valence-electron chi connectivity index (χ0n) is 15.1. The fourth-order valence-electron chi connectivity index (χ4n) is 3.11. The number of halogens is 1. The van der Waals surface area contributed by atoms with Gasteiger partial charge in [0, 0.05) is 42.0 Å². The molecule has 1 aliphatic rings. The number of nitrogens with one attached hydrogen (secondary N) is 2. The van der Waals surface area contributed by atoms with Crippen LogP contribution in [0.25, 0.3) is 0 Å². The van der Waals surface area contributed by atoms with Crippen LogP contribution in [-0.2, 0) is 14.4 Å². The monoisotopic (exact) mass is 385 g/mol. The predicted octanol–water partition coefficient (Wildman–Crippen LogP) is 3.60. The molecule has 0 spiro atoms. The molecule has 7 heteroatoms. The quantitative estimate of drug-likeness (QED) is 0.844. The summed E-state index contributed by atoms with van der Waals surface area (Å²) in [5, 5.41) is 6.15. The van der Waals surface area contributed by atoms with Crippen molar-refractivity contribution in [3.8, 4) is 0 Å². The molecule has 2 N–H and O–H groups in total. The highest BCUT2D eigenvalue weighted by atomic mass is 35.5. The minimum atomic E-state index is -0.458. The van der Waals surface area contributed by atoms with E-state index in [1.54, 1.807) is 47.4 Å². The molecule has 0 saturated carbocycles. The average Bonchev–Trinajstić information content (AvgIpc) is 3.00. The van der Waals surface area contributed by atoms with Gasteiger partial charge in [0.25, 0.3) is 0 Å².